The first-order valence-electron chi connectivity index (χ1n) is 8.40. The van der Waals surface area contributed by atoms with E-state index in [0.717, 1.165) is 10.6 Å². The fourth-order valence-electron chi connectivity index (χ4n) is 2.56. The first-order chi connectivity index (χ1) is 12.6. The van der Waals surface area contributed by atoms with Gasteiger partial charge < -0.3 is 10.1 Å². The van der Waals surface area contributed by atoms with E-state index in [9.17, 15) is 13.2 Å². The summed E-state index contributed by atoms with van der Waals surface area (Å²) in [4.78, 5) is 12.6. The number of ether oxygens (including phenoxy) is 1. The average Bonchev–Trinajstić information content (AvgIpc) is 2.55. The van der Waals surface area contributed by atoms with Crippen LogP contribution in [0.3, 0.4) is 0 Å². The number of amides is 1. The van der Waals surface area contributed by atoms with Crippen LogP contribution in [0, 0.1) is 0 Å². The number of halogens is 1. The Balaban J connectivity index is 2.20. The van der Waals surface area contributed by atoms with Crippen LogP contribution in [0.1, 0.15) is 20.8 Å². The molecular formula is C19H23ClN2O4S. The van der Waals surface area contributed by atoms with Crippen LogP contribution in [0.4, 0.5) is 11.4 Å². The lowest BCUT2D eigenvalue weighted by molar-refractivity contribution is -0.116. The molecule has 0 bridgehead atoms. The number of sulfonamides is 1. The van der Waals surface area contributed by atoms with Crippen molar-refractivity contribution in [3.05, 3.63) is 53.6 Å². The van der Waals surface area contributed by atoms with Crippen LogP contribution < -0.4 is 14.4 Å². The summed E-state index contributed by atoms with van der Waals surface area (Å²) in [6, 6.07) is 12.3. The SMILES string of the molecule is CC(C)Oc1ccc(NC(=O)[C@@H](C)N(c2cccc(Cl)c2)S(C)(=O)=O)cc1. The Hall–Kier alpha value is -2.25. The van der Waals surface area contributed by atoms with E-state index < -0.39 is 22.0 Å². The molecule has 0 spiro atoms. The Morgan fingerprint density at radius 2 is 1.74 bits per heavy atom. The molecule has 0 fully saturated rings. The van der Waals surface area contributed by atoms with Crippen molar-refractivity contribution in [3.8, 4) is 5.75 Å². The number of anilines is 2. The zero-order chi connectivity index (χ0) is 20.2. The third-order valence-corrected chi connectivity index (χ3v) is 5.12. The van der Waals surface area contributed by atoms with Gasteiger partial charge in [-0.25, -0.2) is 8.42 Å². The molecule has 2 aromatic carbocycles. The lowest BCUT2D eigenvalue weighted by Gasteiger charge is -2.28. The molecule has 0 saturated carbocycles. The van der Waals surface area contributed by atoms with Gasteiger partial charge >= 0.3 is 0 Å². The van der Waals surface area contributed by atoms with Crippen molar-refractivity contribution >= 4 is 38.9 Å². The second kappa shape index (κ2) is 8.63. The number of rotatable bonds is 7. The second-order valence-corrected chi connectivity index (χ2v) is 8.69. The van der Waals surface area contributed by atoms with Crippen LogP contribution in [-0.2, 0) is 14.8 Å². The lowest BCUT2D eigenvalue weighted by Crippen LogP contribution is -2.45. The highest BCUT2D eigenvalue weighted by Crippen LogP contribution is 2.25. The minimum atomic E-state index is -3.70. The molecule has 27 heavy (non-hydrogen) atoms. The highest BCUT2D eigenvalue weighted by molar-refractivity contribution is 7.92. The fraction of sp³-hybridized carbons (Fsp3) is 0.316. The minimum absolute atomic E-state index is 0.0477. The molecule has 0 aliphatic heterocycles. The summed E-state index contributed by atoms with van der Waals surface area (Å²) >= 11 is 5.97. The number of hydrogen-bond donors (Lipinski definition) is 1. The van der Waals surface area contributed by atoms with Crippen molar-refractivity contribution in [2.45, 2.75) is 32.9 Å². The van der Waals surface area contributed by atoms with E-state index in [2.05, 4.69) is 5.32 Å². The number of benzene rings is 2. The Morgan fingerprint density at radius 1 is 1.11 bits per heavy atom. The van der Waals surface area contributed by atoms with E-state index in [1.54, 1.807) is 42.5 Å². The van der Waals surface area contributed by atoms with Crippen LogP contribution in [0.5, 0.6) is 5.75 Å². The van der Waals surface area contributed by atoms with Gasteiger partial charge in [-0.3, -0.25) is 9.10 Å². The molecule has 2 aromatic rings. The molecule has 8 heteroatoms. The highest BCUT2D eigenvalue weighted by Gasteiger charge is 2.29. The first kappa shape index (κ1) is 21.1. The minimum Gasteiger partial charge on any atom is -0.491 e. The van der Waals surface area contributed by atoms with Gasteiger partial charge in [-0.2, -0.15) is 0 Å². The standard InChI is InChI=1S/C19H23ClN2O4S/c1-13(2)26-18-10-8-16(9-11-18)21-19(23)14(3)22(27(4,24)25)17-7-5-6-15(20)12-17/h5-14H,1-4H3,(H,21,23)/t14-/m1/s1. The van der Waals surface area contributed by atoms with E-state index in [4.69, 9.17) is 16.3 Å². The van der Waals surface area contributed by atoms with Crippen LogP contribution >= 0.6 is 11.6 Å². The van der Waals surface area contributed by atoms with E-state index in [1.807, 2.05) is 13.8 Å². The van der Waals surface area contributed by atoms with Crippen molar-refractivity contribution in [1.29, 1.82) is 0 Å². The molecule has 0 heterocycles. The molecule has 6 nitrogen and oxygen atoms in total. The normalized spacial score (nSPS) is 12.5. The summed E-state index contributed by atoms with van der Waals surface area (Å²) in [5.74, 6) is 0.227. The zero-order valence-electron chi connectivity index (χ0n) is 15.6. The average molecular weight is 411 g/mol. The third kappa shape index (κ3) is 5.87. The maximum absolute atomic E-state index is 12.6. The number of carbonyl (C=O) groups excluding carboxylic acids is 1. The van der Waals surface area contributed by atoms with Gasteiger partial charge in [0.15, 0.2) is 0 Å². The van der Waals surface area contributed by atoms with Gasteiger partial charge in [0.1, 0.15) is 11.8 Å². The van der Waals surface area contributed by atoms with E-state index >= 15 is 0 Å². The van der Waals surface area contributed by atoms with Crippen LogP contribution in [0.25, 0.3) is 0 Å². The highest BCUT2D eigenvalue weighted by atomic mass is 35.5. The Labute approximate surface area is 165 Å². The predicted octanol–water partition coefficient (Wildman–Crippen LogP) is 3.92. The van der Waals surface area contributed by atoms with Crippen molar-refractivity contribution < 1.29 is 17.9 Å². The molecule has 0 unspecified atom stereocenters. The van der Waals surface area contributed by atoms with Crippen LogP contribution in [-0.4, -0.2) is 32.7 Å². The lowest BCUT2D eigenvalue weighted by atomic mass is 10.2. The topological polar surface area (TPSA) is 75.7 Å². The van der Waals surface area contributed by atoms with Gasteiger partial charge in [0.2, 0.25) is 15.9 Å². The quantitative estimate of drug-likeness (QED) is 0.750. The number of nitrogens with one attached hydrogen (secondary N) is 1. The predicted molar refractivity (Wildman–Crippen MR) is 109 cm³/mol. The third-order valence-electron chi connectivity index (χ3n) is 3.64. The smallest absolute Gasteiger partial charge is 0.247 e. The summed E-state index contributed by atoms with van der Waals surface area (Å²) in [5.41, 5.74) is 0.871. The Kier molecular flexibility index (Phi) is 6.73. The van der Waals surface area contributed by atoms with Gasteiger partial charge in [0, 0.05) is 10.7 Å². The van der Waals surface area contributed by atoms with Crippen LogP contribution in [0.15, 0.2) is 48.5 Å². The molecule has 0 saturated heterocycles. The second-order valence-electron chi connectivity index (χ2n) is 6.39. The maximum Gasteiger partial charge on any atom is 0.247 e. The van der Waals surface area contributed by atoms with Crippen molar-refractivity contribution in [3.63, 3.8) is 0 Å². The molecule has 0 aromatic heterocycles. The Morgan fingerprint density at radius 3 is 2.26 bits per heavy atom. The van der Waals surface area contributed by atoms with Crippen molar-refractivity contribution in [1.82, 2.24) is 0 Å². The summed E-state index contributed by atoms with van der Waals surface area (Å²) < 4.78 is 31.2. The summed E-state index contributed by atoms with van der Waals surface area (Å²) in [6.07, 6.45) is 1.10. The molecule has 2 rings (SSSR count). The first-order valence-corrected chi connectivity index (χ1v) is 10.6. The van der Waals surface area contributed by atoms with Gasteiger partial charge in [-0.15, -0.1) is 0 Å². The van der Waals surface area contributed by atoms with Crippen molar-refractivity contribution in [2.24, 2.45) is 0 Å². The summed E-state index contributed by atoms with van der Waals surface area (Å²) in [7, 11) is -3.70. The molecule has 0 radical (unpaired) electrons. The number of nitrogens with zero attached hydrogens (tertiary/aromatic N) is 1. The molecule has 1 amide bonds. The summed E-state index contributed by atoms with van der Waals surface area (Å²) in [5, 5.41) is 3.11. The van der Waals surface area contributed by atoms with Gasteiger partial charge in [-0.05, 0) is 63.2 Å². The monoisotopic (exact) mass is 410 g/mol. The molecule has 0 aliphatic rings. The van der Waals surface area contributed by atoms with Crippen LogP contribution in [0.2, 0.25) is 5.02 Å². The summed E-state index contributed by atoms with van der Waals surface area (Å²) in [6.45, 7) is 5.37. The maximum atomic E-state index is 12.6. The molecule has 146 valence electrons. The van der Waals surface area contributed by atoms with E-state index in [0.29, 0.717) is 22.1 Å². The van der Waals surface area contributed by atoms with E-state index in [1.165, 1.54) is 13.0 Å². The van der Waals surface area contributed by atoms with Gasteiger partial charge in [-0.1, -0.05) is 17.7 Å². The van der Waals surface area contributed by atoms with E-state index in [-0.39, 0.29) is 6.10 Å². The number of hydrogen-bond acceptors (Lipinski definition) is 4. The molecular weight excluding hydrogens is 388 g/mol. The molecule has 1 N–H and O–H groups in total. The van der Waals surface area contributed by atoms with Gasteiger partial charge in [0.25, 0.3) is 0 Å². The zero-order valence-corrected chi connectivity index (χ0v) is 17.2. The van der Waals surface area contributed by atoms with Crippen molar-refractivity contribution in [2.75, 3.05) is 15.9 Å². The Bertz CT molecular complexity index is 898. The molecule has 1 atom stereocenters. The largest absolute Gasteiger partial charge is 0.491 e. The molecule has 0 aliphatic carbocycles. The fourth-order valence-corrected chi connectivity index (χ4v) is 3.91. The van der Waals surface area contributed by atoms with Gasteiger partial charge in [0.05, 0.1) is 18.0 Å². The number of carbonyl (C=O) groups is 1.